The van der Waals surface area contributed by atoms with Gasteiger partial charge in [-0.3, -0.25) is 9.59 Å². The molecule has 0 spiro atoms. The van der Waals surface area contributed by atoms with Gasteiger partial charge in [0.2, 0.25) is 11.8 Å². The predicted molar refractivity (Wildman–Crippen MR) is 89.0 cm³/mol. The molecule has 5 nitrogen and oxygen atoms in total. The third-order valence-corrected chi connectivity index (χ3v) is 3.71. The molecule has 2 N–H and O–H groups in total. The molecule has 1 heterocycles. The lowest BCUT2D eigenvalue weighted by molar-refractivity contribution is -0.121. The van der Waals surface area contributed by atoms with Crippen LogP contribution in [0.25, 0.3) is 0 Å². The maximum absolute atomic E-state index is 11.9. The zero-order valence-electron chi connectivity index (χ0n) is 13.6. The number of nitrogens with one attached hydrogen (secondary N) is 2. The summed E-state index contributed by atoms with van der Waals surface area (Å²) in [5, 5.41) is 6.09. The Hall–Kier alpha value is -2.04. The molecule has 22 heavy (non-hydrogen) atoms. The van der Waals surface area contributed by atoms with Crippen molar-refractivity contribution in [2.75, 3.05) is 23.3 Å². The Bertz CT molecular complexity index is 525. The van der Waals surface area contributed by atoms with Gasteiger partial charge in [0.25, 0.3) is 0 Å². The van der Waals surface area contributed by atoms with Crippen LogP contribution in [0, 0.1) is 5.92 Å². The normalized spacial score (nSPS) is 16.0. The number of hydrogen-bond acceptors (Lipinski definition) is 3. The monoisotopic (exact) mass is 303 g/mol. The summed E-state index contributed by atoms with van der Waals surface area (Å²) in [5.41, 5.74) is 1.80. The highest BCUT2D eigenvalue weighted by Gasteiger charge is 2.21. The van der Waals surface area contributed by atoms with Gasteiger partial charge in [0, 0.05) is 30.9 Å². The zero-order chi connectivity index (χ0) is 16.1. The zero-order valence-corrected chi connectivity index (χ0v) is 13.6. The van der Waals surface area contributed by atoms with Crippen molar-refractivity contribution in [1.29, 1.82) is 0 Å². The lowest BCUT2D eigenvalue weighted by atomic mass is 10.2. The average molecular weight is 303 g/mol. The summed E-state index contributed by atoms with van der Waals surface area (Å²) in [6, 6.07) is 7.37. The summed E-state index contributed by atoms with van der Waals surface area (Å²) >= 11 is 0. The number of nitrogens with zero attached hydrogens (tertiary/aromatic N) is 1. The predicted octanol–water partition coefficient (Wildman–Crippen LogP) is 2.39. The molecule has 5 heteroatoms. The summed E-state index contributed by atoms with van der Waals surface area (Å²) in [4.78, 5) is 25.5. The molecule has 0 unspecified atom stereocenters. The third kappa shape index (κ3) is 4.23. The van der Waals surface area contributed by atoms with Crippen LogP contribution in [0.3, 0.4) is 0 Å². The quantitative estimate of drug-likeness (QED) is 0.848. The van der Waals surface area contributed by atoms with E-state index in [4.69, 9.17) is 0 Å². The highest BCUT2D eigenvalue weighted by molar-refractivity contribution is 5.95. The van der Waals surface area contributed by atoms with Crippen LogP contribution in [-0.4, -0.2) is 30.9 Å². The lowest BCUT2D eigenvalue weighted by Gasteiger charge is -2.18. The van der Waals surface area contributed by atoms with Crippen LogP contribution in [-0.2, 0) is 9.59 Å². The number of benzene rings is 1. The van der Waals surface area contributed by atoms with E-state index in [0.29, 0.717) is 18.9 Å². The second-order valence-electron chi connectivity index (χ2n) is 6.20. The van der Waals surface area contributed by atoms with Crippen molar-refractivity contribution in [1.82, 2.24) is 5.32 Å². The Labute approximate surface area is 132 Å². The molecule has 120 valence electrons. The summed E-state index contributed by atoms with van der Waals surface area (Å²) in [6.07, 6.45) is 1.55. The summed E-state index contributed by atoms with van der Waals surface area (Å²) in [6.45, 7) is 7.45. The smallest absolute Gasteiger partial charge is 0.242 e. The molecule has 0 aliphatic carbocycles. The molecule has 0 bridgehead atoms. The van der Waals surface area contributed by atoms with E-state index >= 15 is 0 Å². The Morgan fingerprint density at radius 2 is 1.91 bits per heavy atom. The van der Waals surface area contributed by atoms with E-state index in [1.807, 2.05) is 36.1 Å². The van der Waals surface area contributed by atoms with Gasteiger partial charge in [-0.2, -0.15) is 0 Å². The fourth-order valence-electron chi connectivity index (χ4n) is 2.43. The highest BCUT2D eigenvalue weighted by atomic mass is 16.2. The topological polar surface area (TPSA) is 61.4 Å². The van der Waals surface area contributed by atoms with Crippen molar-refractivity contribution in [3.8, 4) is 0 Å². The van der Waals surface area contributed by atoms with Gasteiger partial charge in [-0.1, -0.05) is 13.8 Å². The molecular weight excluding hydrogens is 278 g/mol. The van der Waals surface area contributed by atoms with E-state index in [1.165, 1.54) is 0 Å². The van der Waals surface area contributed by atoms with Crippen LogP contribution < -0.4 is 15.5 Å². The fourth-order valence-corrected chi connectivity index (χ4v) is 2.43. The van der Waals surface area contributed by atoms with Gasteiger partial charge in [0.05, 0.1) is 0 Å². The standard InChI is InChI=1S/C17H25N3O2/c1-12(2)11-18-17(22)13(3)19-14-6-8-15(9-7-14)20-10-4-5-16(20)21/h6-9,12-13,19H,4-5,10-11H2,1-3H3,(H,18,22)/t13-/m0/s1. The van der Waals surface area contributed by atoms with Crippen molar-refractivity contribution in [3.05, 3.63) is 24.3 Å². The van der Waals surface area contributed by atoms with Crippen molar-refractivity contribution in [2.45, 2.75) is 39.7 Å². The second kappa shape index (κ2) is 7.29. The van der Waals surface area contributed by atoms with Gasteiger partial charge >= 0.3 is 0 Å². The van der Waals surface area contributed by atoms with Crippen molar-refractivity contribution in [2.24, 2.45) is 5.92 Å². The molecule has 0 radical (unpaired) electrons. The SMILES string of the molecule is CC(C)CNC(=O)[C@H](C)Nc1ccc(N2CCCC2=O)cc1. The molecular formula is C17H25N3O2. The Morgan fingerprint density at radius 1 is 1.23 bits per heavy atom. The molecule has 2 amide bonds. The van der Waals surface area contributed by atoms with E-state index in [-0.39, 0.29) is 17.9 Å². The van der Waals surface area contributed by atoms with Gasteiger partial charge in [0.15, 0.2) is 0 Å². The van der Waals surface area contributed by atoms with Crippen LogP contribution in [0.5, 0.6) is 0 Å². The molecule has 1 saturated heterocycles. The summed E-state index contributed by atoms with van der Waals surface area (Å²) in [5.74, 6) is 0.614. The van der Waals surface area contributed by atoms with Gasteiger partial charge in [-0.15, -0.1) is 0 Å². The van der Waals surface area contributed by atoms with Crippen LogP contribution in [0.1, 0.15) is 33.6 Å². The number of hydrogen-bond donors (Lipinski definition) is 2. The molecule has 1 atom stereocenters. The number of anilines is 2. The molecule has 0 saturated carbocycles. The minimum Gasteiger partial charge on any atom is -0.374 e. The van der Waals surface area contributed by atoms with Crippen molar-refractivity contribution in [3.63, 3.8) is 0 Å². The molecule has 1 aromatic rings. The van der Waals surface area contributed by atoms with Gasteiger partial charge in [-0.25, -0.2) is 0 Å². The first-order valence-corrected chi connectivity index (χ1v) is 7.92. The molecule has 1 fully saturated rings. The first-order chi connectivity index (χ1) is 10.5. The first-order valence-electron chi connectivity index (χ1n) is 7.92. The van der Waals surface area contributed by atoms with Crippen molar-refractivity contribution < 1.29 is 9.59 Å². The Balaban J connectivity index is 1.90. The van der Waals surface area contributed by atoms with Gasteiger partial charge in [0.1, 0.15) is 6.04 Å². The van der Waals surface area contributed by atoms with Crippen LogP contribution in [0.15, 0.2) is 24.3 Å². The number of rotatable bonds is 6. The maximum Gasteiger partial charge on any atom is 0.242 e. The minimum atomic E-state index is -0.294. The molecule has 1 aliphatic rings. The Kier molecular flexibility index (Phi) is 5.41. The van der Waals surface area contributed by atoms with Crippen LogP contribution >= 0.6 is 0 Å². The number of carbonyl (C=O) groups is 2. The van der Waals surface area contributed by atoms with Crippen molar-refractivity contribution >= 4 is 23.2 Å². The highest BCUT2D eigenvalue weighted by Crippen LogP contribution is 2.23. The van der Waals surface area contributed by atoms with Crippen LogP contribution in [0.4, 0.5) is 11.4 Å². The van der Waals surface area contributed by atoms with E-state index < -0.39 is 0 Å². The van der Waals surface area contributed by atoms with Gasteiger partial charge < -0.3 is 15.5 Å². The van der Waals surface area contributed by atoms with E-state index in [0.717, 1.165) is 24.3 Å². The minimum absolute atomic E-state index is 0.00695. The van der Waals surface area contributed by atoms with Gasteiger partial charge in [-0.05, 0) is 43.5 Å². The Morgan fingerprint density at radius 3 is 2.45 bits per heavy atom. The number of carbonyl (C=O) groups excluding carboxylic acids is 2. The maximum atomic E-state index is 11.9. The molecule has 1 aromatic carbocycles. The third-order valence-electron chi connectivity index (χ3n) is 3.71. The largest absolute Gasteiger partial charge is 0.374 e. The van der Waals surface area contributed by atoms with E-state index in [1.54, 1.807) is 0 Å². The lowest BCUT2D eigenvalue weighted by Crippen LogP contribution is -2.39. The molecule has 0 aromatic heterocycles. The molecule has 2 rings (SSSR count). The average Bonchev–Trinajstić information content (AvgIpc) is 2.91. The van der Waals surface area contributed by atoms with E-state index in [2.05, 4.69) is 24.5 Å². The fraction of sp³-hybridized carbons (Fsp3) is 0.529. The second-order valence-corrected chi connectivity index (χ2v) is 6.20. The molecule has 1 aliphatic heterocycles. The summed E-state index contributed by atoms with van der Waals surface area (Å²) in [7, 11) is 0. The van der Waals surface area contributed by atoms with E-state index in [9.17, 15) is 9.59 Å². The summed E-state index contributed by atoms with van der Waals surface area (Å²) < 4.78 is 0. The number of amides is 2. The van der Waals surface area contributed by atoms with Crippen LogP contribution in [0.2, 0.25) is 0 Å². The first kappa shape index (κ1) is 16.3.